The third kappa shape index (κ3) is 3.44. The van der Waals surface area contributed by atoms with E-state index in [1.165, 1.54) is 31.4 Å². The van der Waals surface area contributed by atoms with Crippen LogP contribution in [0, 0.1) is 11.6 Å². The van der Waals surface area contributed by atoms with Crippen molar-refractivity contribution in [3.05, 3.63) is 58.1 Å². The molecule has 2 rings (SSSR count). The van der Waals surface area contributed by atoms with Crippen molar-refractivity contribution >= 4 is 21.6 Å². The minimum atomic E-state index is -0.406. The zero-order valence-electron chi connectivity index (χ0n) is 10.2. The summed E-state index contributed by atoms with van der Waals surface area (Å²) in [6.45, 7) is 0.190. The topological polar surface area (TPSA) is 21.3 Å². The van der Waals surface area contributed by atoms with Crippen LogP contribution in [0.1, 0.15) is 5.56 Å². The molecule has 0 aliphatic heterocycles. The van der Waals surface area contributed by atoms with Crippen LogP contribution in [0.4, 0.5) is 14.5 Å². The van der Waals surface area contributed by atoms with Crippen molar-refractivity contribution in [2.45, 2.75) is 6.54 Å². The Morgan fingerprint density at radius 3 is 2.58 bits per heavy atom. The molecule has 0 atom stereocenters. The van der Waals surface area contributed by atoms with Gasteiger partial charge in [-0.05, 0) is 30.3 Å². The van der Waals surface area contributed by atoms with Gasteiger partial charge in [-0.15, -0.1) is 0 Å². The molecule has 0 bridgehead atoms. The third-order valence-corrected chi connectivity index (χ3v) is 3.14. The van der Waals surface area contributed by atoms with Gasteiger partial charge in [-0.3, -0.25) is 0 Å². The summed E-state index contributed by atoms with van der Waals surface area (Å²) >= 11 is 3.27. The van der Waals surface area contributed by atoms with Crippen molar-refractivity contribution in [1.82, 2.24) is 0 Å². The van der Waals surface area contributed by atoms with Gasteiger partial charge in [0.2, 0.25) is 0 Å². The van der Waals surface area contributed by atoms with Crippen molar-refractivity contribution in [3.63, 3.8) is 0 Å². The summed E-state index contributed by atoms with van der Waals surface area (Å²) in [7, 11) is 1.50. The first-order chi connectivity index (χ1) is 9.10. The number of halogens is 3. The first-order valence-corrected chi connectivity index (χ1v) is 6.41. The molecule has 0 spiro atoms. The predicted molar refractivity (Wildman–Crippen MR) is 74.4 cm³/mol. The van der Waals surface area contributed by atoms with Crippen LogP contribution in [-0.4, -0.2) is 7.11 Å². The Kier molecular flexibility index (Phi) is 4.37. The highest BCUT2D eigenvalue weighted by Gasteiger charge is 2.06. The van der Waals surface area contributed by atoms with Crippen molar-refractivity contribution in [2.24, 2.45) is 0 Å². The van der Waals surface area contributed by atoms with Crippen LogP contribution >= 0.6 is 15.9 Å². The van der Waals surface area contributed by atoms with Gasteiger partial charge >= 0.3 is 0 Å². The van der Waals surface area contributed by atoms with Crippen molar-refractivity contribution in [3.8, 4) is 5.75 Å². The maximum absolute atomic E-state index is 13.6. The summed E-state index contributed by atoms with van der Waals surface area (Å²) in [5, 5.41) is 2.86. The van der Waals surface area contributed by atoms with E-state index >= 15 is 0 Å². The summed E-state index contributed by atoms with van der Waals surface area (Å²) in [5.74, 6) is -0.200. The fraction of sp³-hybridized carbons (Fsp3) is 0.143. The molecule has 0 unspecified atom stereocenters. The Balaban J connectivity index is 2.16. The lowest BCUT2D eigenvalue weighted by atomic mass is 10.2. The van der Waals surface area contributed by atoms with Gasteiger partial charge in [0.1, 0.15) is 17.4 Å². The van der Waals surface area contributed by atoms with Crippen LogP contribution < -0.4 is 10.1 Å². The van der Waals surface area contributed by atoms with Crippen LogP contribution in [0.3, 0.4) is 0 Å². The first kappa shape index (κ1) is 13.8. The van der Waals surface area contributed by atoms with E-state index < -0.39 is 5.82 Å². The van der Waals surface area contributed by atoms with Gasteiger partial charge in [-0.25, -0.2) is 8.78 Å². The smallest absolute Gasteiger partial charge is 0.146 e. The standard InChI is InChI=1S/C14H12BrF2NO/c1-19-11-3-5-13(17)14(7-11)18-8-9-6-10(15)2-4-12(9)16/h2-7,18H,8H2,1H3. The van der Waals surface area contributed by atoms with E-state index in [2.05, 4.69) is 21.2 Å². The molecule has 2 aromatic carbocycles. The SMILES string of the molecule is COc1ccc(F)c(NCc2cc(Br)ccc2F)c1. The molecule has 0 saturated carbocycles. The second-order valence-electron chi connectivity index (χ2n) is 3.94. The van der Waals surface area contributed by atoms with E-state index in [1.54, 1.807) is 12.1 Å². The van der Waals surface area contributed by atoms with Gasteiger partial charge in [0, 0.05) is 22.6 Å². The number of hydrogen-bond acceptors (Lipinski definition) is 2. The van der Waals surface area contributed by atoms with E-state index in [4.69, 9.17) is 4.74 Å². The summed E-state index contributed by atoms with van der Waals surface area (Å²) in [5.41, 5.74) is 0.732. The molecular formula is C14H12BrF2NO. The number of benzene rings is 2. The Bertz CT molecular complexity index is 590. The lowest BCUT2D eigenvalue weighted by Crippen LogP contribution is -2.03. The maximum Gasteiger partial charge on any atom is 0.146 e. The van der Waals surface area contributed by atoms with E-state index in [0.29, 0.717) is 11.3 Å². The van der Waals surface area contributed by atoms with Gasteiger partial charge in [0.15, 0.2) is 0 Å². The normalized spacial score (nSPS) is 10.3. The molecule has 2 nitrogen and oxygen atoms in total. The van der Waals surface area contributed by atoms with Crippen LogP contribution in [0.5, 0.6) is 5.75 Å². The Hall–Kier alpha value is -1.62. The second-order valence-corrected chi connectivity index (χ2v) is 4.85. The van der Waals surface area contributed by atoms with Gasteiger partial charge in [-0.1, -0.05) is 15.9 Å². The molecule has 5 heteroatoms. The van der Waals surface area contributed by atoms with Gasteiger partial charge in [0.25, 0.3) is 0 Å². The van der Waals surface area contributed by atoms with E-state index in [0.717, 1.165) is 4.47 Å². The van der Waals surface area contributed by atoms with E-state index in [1.807, 2.05) is 0 Å². The lowest BCUT2D eigenvalue weighted by Gasteiger charge is -2.10. The molecule has 0 radical (unpaired) electrons. The molecule has 0 saturated heterocycles. The molecule has 0 fully saturated rings. The summed E-state index contributed by atoms with van der Waals surface area (Å²) < 4.78 is 32.9. The van der Waals surface area contributed by atoms with Gasteiger partial charge in [0.05, 0.1) is 12.8 Å². The van der Waals surface area contributed by atoms with E-state index in [-0.39, 0.29) is 18.0 Å². The van der Waals surface area contributed by atoms with Crippen molar-refractivity contribution < 1.29 is 13.5 Å². The fourth-order valence-corrected chi connectivity index (χ4v) is 2.04. The number of rotatable bonds is 4. The van der Waals surface area contributed by atoms with Gasteiger partial charge in [-0.2, -0.15) is 0 Å². The highest BCUT2D eigenvalue weighted by molar-refractivity contribution is 9.10. The monoisotopic (exact) mass is 327 g/mol. The summed E-state index contributed by atoms with van der Waals surface area (Å²) in [6, 6.07) is 9.00. The molecule has 2 aromatic rings. The molecule has 0 aliphatic rings. The van der Waals surface area contributed by atoms with Crippen LogP contribution in [-0.2, 0) is 6.54 Å². The van der Waals surface area contributed by atoms with E-state index in [9.17, 15) is 8.78 Å². The van der Waals surface area contributed by atoms with Crippen molar-refractivity contribution in [1.29, 1.82) is 0 Å². The first-order valence-electron chi connectivity index (χ1n) is 5.61. The average molecular weight is 328 g/mol. The molecular weight excluding hydrogens is 316 g/mol. The zero-order chi connectivity index (χ0) is 13.8. The Morgan fingerprint density at radius 2 is 1.84 bits per heavy atom. The summed E-state index contributed by atoms with van der Waals surface area (Å²) in [4.78, 5) is 0. The van der Waals surface area contributed by atoms with Crippen LogP contribution in [0.25, 0.3) is 0 Å². The Morgan fingerprint density at radius 1 is 1.11 bits per heavy atom. The quantitative estimate of drug-likeness (QED) is 0.901. The third-order valence-electron chi connectivity index (χ3n) is 2.65. The predicted octanol–water partition coefficient (Wildman–Crippen LogP) is 4.35. The molecule has 0 heterocycles. The molecule has 0 amide bonds. The lowest BCUT2D eigenvalue weighted by molar-refractivity contribution is 0.414. The average Bonchev–Trinajstić information content (AvgIpc) is 2.41. The number of nitrogens with one attached hydrogen (secondary N) is 1. The molecule has 1 N–H and O–H groups in total. The Labute approximate surface area is 118 Å². The number of ether oxygens (including phenoxy) is 1. The van der Waals surface area contributed by atoms with Crippen LogP contribution in [0.2, 0.25) is 0 Å². The minimum absolute atomic E-state index is 0.190. The molecule has 0 aromatic heterocycles. The maximum atomic E-state index is 13.6. The molecule has 0 aliphatic carbocycles. The highest BCUT2D eigenvalue weighted by Crippen LogP contribution is 2.23. The fourth-order valence-electron chi connectivity index (χ4n) is 1.64. The van der Waals surface area contributed by atoms with Crippen molar-refractivity contribution in [2.75, 3.05) is 12.4 Å². The molecule has 100 valence electrons. The second kappa shape index (κ2) is 6.02. The minimum Gasteiger partial charge on any atom is -0.497 e. The number of methoxy groups -OCH3 is 1. The highest BCUT2D eigenvalue weighted by atomic mass is 79.9. The zero-order valence-corrected chi connectivity index (χ0v) is 11.8. The number of hydrogen-bond donors (Lipinski definition) is 1. The molecule has 19 heavy (non-hydrogen) atoms. The number of anilines is 1. The summed E-state index contributed by atoms with van der Waals surface area (Å²) in [6.07, 6.45) is 0. The van der Waals surface area contributed by atoms with Crippen LogP contribution in [0.15, 0.2) is 40.9 Å². The largest absolute Gasteiger partial charge is 0.497 e. The van der Waals surface area contributed by atoms with Gasteiger partial charge < -0.3 is 10.1 Å².